The van der Waals surface area contributed by atoms with E-state index in [1.165, 1.54) is 0 Å². The highest BCUT2D eigenvalue weighted by Crippen LogP contribution is 2.08. The van der Waals surface area contributed by atoms with Crippen LogP contribution in [0.3, 0.4) is 0 Å². The van der Waals surface area contributed by atoms with Crippen LogP contribution in [0.15, 0.2) is 37.1 Å². The first-order valence-corrected chi connectivity index (χ1v) is 4.76. The summed E-state index contributed by atoms with van der Waals surface area (Å²) in [7, 11) is 0. The molecule has 0 radical (unpaired) electrons. The van der Waals surface area contributed by atoms with Gasteiger partial charge in [0.05, 0.1) is 6.33 Å². The van der Waals surface area contributed by atoms with E-state index in [4.69, 9.17) is 5.73 Å². The molecule has 78 valence electrons. The topological polar surface area (TPSA) is 68.8 Å². The number of aromatic nitrogens is 3. The lowest BCUT2D eigenvalue weighted by Gasteiger charge is -2.06. The second-order valence-corrected chi connectivity index (χ2v) is 3.20. The Kier molecular flexibility index (Phi) is 2.82. The van der Waals surface area contributed by atoms with Crippen LogP contribution in [0, 0.1) is 0 Å². The van der Waals surface area contributed by atoms with Gasteiger partial charge in [-0.15, -0.1) is 0 Å². The molecule has 15 heavy (non-hydrogen) atoms. The molecule has 0 fully saturated rings. The van der Waals surface area contributed by atoms with E-state index >= 15 is 0 Å². The summed E-state index contributed by atoms with van der Waals surface area (Å²) >= 11 is 0. The van der Waals surface area contributed by atoms with Crippen LogP contribution in [-0.2, 0) is 6.54 Å². The van der Waals surface area contributed by atoms with Crippen LogP contribution < -0.4 is 11.1 Å². The lowest BCUT2D eigenvalue weighted by molar-refractivity contribution is 0.727. The fourth-order valence-electron chi connectivity index (χ4n) is 1.31. The maximum absolute atomic E-state index is 5.56. The van der Waals surface area contributed by atoms with Gasteiger partial charge in [-0.3, -0.25) is 0 Å². The standard InChI is InChI=1S/C10H13N5/c11-10-7-9(1-2-14-10)13-4-6-15-5-3-12-8-15/h1-3,5,7-8H,4,6H2,(H3,11,13,14). The average Bonchev–Trinajstić information content (AvgIpc) is 2.71. The molecule has 0 saturated carbocycles. The van der Waals surface area contributed by atoms with Crippen molar-refractivity contribution >= 4 is 11.5 Å². The molecule has 3 N–H and O–H groups in total. The number of nitrogens with zero attached hydrogens (tertiary/aromatic N) is 3. The summed E-state index contributed by atoms with van der Waals surface area (Å²) in [5.41, 5.74) is 6.55. The Balaban J connectivity index is 1.83. The summed E-state index contributed by atoms with van der Waals surface area (Å²) in [6, 6.07) is 3.71. The summed E-state index contributed by atoms with van der Waals surface area (Å²) in [5.74, 6) is 0.530. The lowest BCUT2D eigenvalue weighted by atomic mass is 10.4. The highest BCUT2D eigenvalue weighted by atomic mass is 15.0. The van der Waals surface area contributed by atoms with E-state index in [9.17, 15) is 0 Å². The molecule has 0 aliphatic carbocycles. The normalized spacial score (nSPS) is 10.1. The van der Waals surface area contributed by atoms with Crippen LogP contribution in [0.4, 0.5) is 11.5 Å². The molecule has 2 aromatic heterocycles. The lowest BCUT2D eigenvalue weighted by Crippen LogP contribution is -2.09. The van der Waals surface area contributed by atoms with Crippen LogP contribution in [0.2, 0.25) is 0 Å². The smallest absolute Gasteiger partial charge is 0.125 e. The molecule has 2 heterocycles. The number of pyridine rings is 1. The molecule has 0 aliphatic heterocycles. The second-order valence-electron chi connectivity index (χ2n) is 3.20. The maximum atomic E-state index is 5.56. The predicted octanol–water partition coefficient (Wildman–Crippen LogP) is 0.972. The Hall–Kier alpha value is -2.04. The van der Waals surface area contributed by atoms with Gasteiger partial charge in [0.2, 0.25) is 0 Å². The van der Waals surface area contributed by atoms with Gasteiger partial charge in [0.15, 0.2) is 0 Å². The molecule has 2 aromatic rings. The van der Waals surface area contributed by atoms with E-state index < -0.39 is 0 Å². The van der Waals surface area contributed by atoms with E-state index in [0.29, 0.717) is 5.82 Å². The summed E-state index contributed by atoms with van der Waals surface area (Å²) < 4.78 is 2.01. The molecule has 0 unspecified atom stereocenters. The summed E-state index contributed by atoms with van der Waals surface area (Å²) in [4.78, 5) is 7.89. The summed E-state index contributed by atoms with van der Waals surface area (Å²) in [5, 5.41) is 3.26. The number of nitrogens with two attached hydrogens (primary N) is 1. The molecule has 0 saturated heterocycles. The van der Waals surface area contributed by atoms with E-state index in [1.54, 1.807) is 18.7 Å². The van der Waals surface area contributed by atoms with Gasteiger partial charge in [-0.2, -0.15) is 0 Å². The number of imidazole rings is 1. The van der Waals surface area contributed by atoms with Crippen molar-refractivity contribution in [3.05, 3.63) is 37.1 Å². The van der Waals surface area contributed by atoms with Crippen LogP contribution in [-0.4, -0.2) is 21.1 Å². The van der Waals surface area contributed by atoms with Crippen molar-refractivity contribution in [2.75, 3.05) is 17.6 Å². The van der Waals surface area contributed by atoms with Gasteiger partial charge >= 0.3 is 0 Å². The first-order chi connectivity index (χ1) is 7.34. The highest BCUT2D eigenvalue weighted by Gasteiger charge is 1.93. The van der Waals surface area contributed by atoms with E-state index in [-0.39, 0.29) is 0 Å². The first-order valence-electron chi connectivity index (χ1n) is 4.76. The molecular weight excluding hydrogens is 190 g/mol. The molecule has 0 aromatic carbocycles. The van der Waals surface area contributed by atoms with Gasteiger partial charge in [0, 0.05) is 43.4 Å². The van der Waals surface area contributed by atoms with Crippen LogP contribution in [0.5, 0.6) is 0 Å². The molecule has 2 rings (SSSR count). The molecule has 5 heteroatoms. The monoisotopic (exact) mass is 203 g/mol. The fourth-order valence-corrected chi connectivity index (χ4v) is 1.31. The Bertz CT molecular complexity index is 410. The zero-order valence-electron chi connectivity index (χ0n) is 8.30. The zero-order valence-corrected chi connectivity index (χ0v) is 8.30. The fraction of sp³-hybridized carbons (Fsp3) is 0.200. The third kappa shape index (κ3) is 2.70. The third-order valence-corrected chi connectivity index (χ3v) is 2.04. The number of nitrogens with one attached hydrogen (secondary N) is 1. The van der Waals surface area contributed by atoms with Crippen LogP contribution in [0.25, 0.3) is 0 Å². The Labute approximate surface area is 88.0 Å². The molecule has 0 bridgehead atoms. The Morgan fingerprint density at radius 2 is 2.33 bits per heavy atom. The molecule has 0 spiro atoms. The van der Waals surface area contributed by atoms with Gasteiger partial charge in [-0.1, -0.05) is 0 Å². The number of anilines is 2. The minimum atomic E-state index is 0.530. The van der Waals surface area contributed by atoms with Crippen molar-refractivity contribution in [1.29, 1.82) is 0 Å². The quantitative estimate of drug-likeness (QED) is 0.777. The van der Waals surface area contributed by atoms with Gasteiger partial charge in [-0.05, 0) is 6.07 Å². The Morgan fingerprint density at radius 1 is 1.40 bits per heavy atom. The summed E-state index contributed by atoms with van der Waals surface area (Å²) in [6.07, 6.45) is 7.19. The van der Waals surface area contributed by atoms with Crippen LogP contribution >= 0.6 is 0 Å². The highest BCUT2D eigenvalue weighted by molar-refractivity contribution is 5.49. The number of hydrogen-bond acceptors (Lipinski definition) is 4. The van der Waals surface area contributed by atoms with Gasteiger partial charge in [-0.25, -0.2) is 9.97 Å². The average molecular weight is 203 g/mol. The van der Waals surface area contributed by atoms with Crippen molar-refractivity contribution in [1.82, 2.24) is 14.5 Å². The largest absolute Gasteiger partial charge is 0.384 e. The predicted molar refractivity (Wildman–Crippen MR) is 59.4 cm³/mol. The van der Waals surface area contributed by atoms with Crippen molar-refractivity contribution in [2.24, 2.45) is 0 Å². The summed E-state index contributed by atoms with van der Waals surface area (Å²) in [6.45, 7) is 1.71. The molecule has 0 aliphatic rings. The number of rotatable bonds is 4. The SMILES string of the molecule is Nc1cc(NCCn2ccnc2)ccn1. The Morgan fingerprint density at radius 3 is 3.07 bits per heavy atom. The molecule has 5 nitrogen and oxygen atoms in total. The number of nitrogen functional groups attached to an aromatic ring is 1. The van der Waals surface area contributed by atoms with Gasteiger partial charge < -0.3 is 15.6 Å². The van der Waals surface area contributed by atoms with Crippen molar-refractivity contribution in [3.8, 4) is 0 Å². The molecular formula is C10H13N5. The van der Waals surface area contributed by atoms with E-state index in [2.05, 4.69) is 15.3 Å². The van der Waals surface area contributed by atoms with E-state index in [0.717, 1.165) is 18.8 Å². The van der Waals surface area contributed by atoms with Gasteiger partial charge in [0.1, 0.15) is 5.82 Å². The van der Waals surface area contributed by atoms with Crippen molar-refractivity contribution < 1.29 is 0 Å². The first kappa shape index (κ1) is 9.51. The van der Waals surface area contributed by atoms with Crippen LogP contribution in [0.1, 0.15) is 0 Å². The van der Waals surface area contributed by atoms with Crippen molar-refractivity contribution in [2.45, 2.75) is 6.54 Å². The van der Waals surface area contributed by atoms with Crippen molar-refractivity contribution in [3.63, 3.8) is 0 Å². The molecule has 0 atom stereocenters. The maximum Gasteiger partial charge on any atom is 0.125 e. The molecule has 0 amide bonds. The van der Waals surface area contributed by atoms with E-state index in [1.807, 2.05) is 22.9 Å². The minimum absolute atomic E-state index is 0.530. The third-order valence-electron chi connectivity index (χ3n) is 2.04. The van der Waals surface area contributed by atoms with Gasteiger partial charge in [0.25, 0.3) is 0 Å². The minimum Gasteiger partial charge on any atom is -0.384 e. The zero-order chi connectivity index (χ0) is 10.5. The second kappa shape index (κ2) is 4.45. The number of hydrogen-bond donors (Lipinski definition) is 2.